The van der Waals surface area contributed by atoms with Crippen molar-refractivity contribution in [3.63, 3.8) is 0 Å². The highest BCUT2D eigenvalue weighted by molar-refractivity contribution is 7.98. The Balaban J connectivity index is 2.76. The number of primary sulfonamides is 1. The topological polar surface area (TPSA) is 107 Å². The lowest BCUT2D eigenvalue weighted by atomic mass is 10.1. The molecule has 0 aromatic carbocycles. The van der Waals surface area contributed by atoms with Crippen LogP contribution in [0.2, 0.25) is 0 Å². The summed E-state index contributed by atoms with van der Waals surface area (Å²) in [5.74, 6) is -0.590. The second-order valence-electron chi connectivity index (χ2n) is 4.77. The number of carbonyl (C=O) groups is 2. The number of ether oxygens (including phenoxy) is 1. The lowest BCUT2D eigenvalue weighted by molar-refractivity contribution is -0.151. The fourth-order valence-electron chi connectivity index (χ4n) is 2.32. The van der Waals surface area contributed by atoms with Gasteiger partial charge in [0.05, 0.1) is 12.9 Å². The predicted molar refractivity (Wildman–Crippen MR) is 76.6 cm³/mol. The summed E-state index contributed by atoms with van der Waals surface area (Å²) in [7, 11) is -2.35. The summed E-state index contributed by atoms with van der Waals surface area (Å²) in [6, 6.07) is -0.648. The maximum atomic E-state index is 12.0. The van der Waals surface area contributed by atoms with Gasteiger partial charge in [-0.1, -0.05) is 0 Å². The molecule has 0 radical (unpaired) electrons. The van der Waals surface area contributed by atoms with E-state index >= 15 is 0 Å². The molecule has 0 aliphatic carbocycles. The summed E-state index contributed by atoms with van der Waals surface area (Å²) in [5.41, 5.74) is 0. The third-order valence-corrected chi connectivity index (χ3v) is 4.73. The molecule has 0 aromatic heterocycles. The van der Waals surface area contributed by atoms with Crippen molar-refractivity contribution in [3.05, 3.63) is 0 Å². The number of methoxy groups -OCH3 is 1. The molecule has 20 heavy (non-hydrogen) atoms. The number of amides is 1. The van der Waals surface area contributed by atoms with Crippen LogP contribution < -0.4 is 5.14 Å². The molecule has 2 unspecified atom stereocenters. The van der Waals surface area contributed by atoms with Crippen LogP contribution in [-0.4, -0.2) is 62.7 Å². The summed E-state index contributed by atoms with van der Waals surface area (Å²) >= 11 is 1.57. The van der Waals surface area contributed by atoms with E-state index in [1.54, 1.807) is 11.8 Å². The van der Waals surface area contributed by atoms with Crippen LogP contribution in [0.4, 0.5) is 0 Å². The lowest BCUT2D eigenvalue weighted by Gasteiger charge is -2.25. The molecule has 2 atom stereocenters. The van der Waals surface area contributed by atoms with Crippen molar-refractivity contribution < 1.29 is 22.7 Å². The minimum absolute atomic E-state index is 0.100. The Labute approximate surface area is 123 Å². The third kappa shape index (κ3) is 4.95. The van der Waals surface area contributed by atoms with E-state index in [4.69, 9.17) is 9.88 Å². The molecule has 9 heteroatoms. The molecule has 1 heterocycles. The van der Waals surface area contributed by atoms with Crippen LogP contribution in [0.25, 0.3) is 0 Å². The van der Waals surface area contributed by atoms with Crippen LogP contribution in [0, 0.1) is 5.92 Å². The van der Waals surface area contributed by atoms with Gasteiger partial charge < -0.3 is 9.64 Å². The summed E-state index contributed by atoms with van der Waals surface area (Å²) < 4.78 is 26.9. The highest BCUT2D eigenvalue weighted by atomic mass is 32.2. The molecular formula is C11H20N2O5S2. The minimum atomic E-state index is -3.62. The number of nitrogens with two attached hydrogens (primary N) is 1. The Morgan fingerprint density at radius 3 is 2.75 bits per heavy atom. The number of hydrogen-bond donors (Lipinski definition) is 1. The Morgan fingerprint density at radius 2 is 2.25 bits per heavy atom. The van der Waals surface area contributed by atoms with E-state index in [2.05, 4.69) is 0 Å². The van der Waals surface area contributed by atoms with Gasteiger partial charge in [0.15, 0.2) is 0 Å². The minimum Gasteiger partial charge on any atom is -0.467 e. The Morgan fingerprint density at radius 1 is 1.60 bits per heavy atom. The lowest BCUT2D eigenvalue weighted by Crippen LogP contribution is -2.43. The smallest absolute Gasteiger partial charge is 0.328 e. The van der Waals surface area contributed by atoms with Crippen LogP contribution in [0.1, 0.15) is 12.8 Å². The average molecular weight is 324 g/mol. The second kappa shape index (κ2) is 7.28. The van der Waals surface area contributed by atoms with Crippen LogP contribution >= 0.6 is 11.8 Å². The van der Waals surface area contributed by atoms with Gasteiger partial charge in [0.25, 0.3) is 0 Å². The Hall–Kier alpha value is -0.800. The van der Waals surface area contributed by atoms with Crippen LogP contribution in [0.5, 0.6) is 0 Å². The Kier molecular flexibility index (Phi) is 6.28. The SMILES string of the molecule is COC(=O)C(CCSC)N1CC(CS(N)(=O)=O)CC1=O. The molecular weight excluding hydrogens is 304 g/mol. The zero-order chi connectivity index (χ0) is 15.3. The first-order valence-corrected chi connectivity index (χ1v) is 9.26. The number of nitrogens with zero attached hydrogens (tertiary/aromatic N) is 1. The highest BCUT2D eigenvalue weighted by Crippen LogP contribution is 2.23. The summed E-state index contributed by atoms with van der Waals surface area (Å²) in [6.07, 6.45) is 2.49. The number of sulfonamides is 1. The number of esters is 1. The van der Waals surface area contributed by atoms with Crippen molar-refractivity contribution in [1.82, 2.24) is 4.90 Å². The quantitative estimate of drug-likeness (QED) is 0.628. The zero-order valence-electron chi connectivity index (χ0n) is 11.6. The molecule has 1 aliphatic heterocycles. The summed E-state index contributed by atoms with van der Waals surface area (Å²) in [6.45, 7) is 0.226. The van der Waals surface area contributed by atoms with Gasteiger partial charge in [-0.2, -0.15) is 11.8 Å². The van der Waals surface area contributed by atoms with Crippen molar-refractivity contribution in [2.24, 2.45) is 11.1 Å². The number of carbonyl (C=O) groups excluding carboxylic acids is 2. The molecule has 1 amide bonds. The molecule has 1 rings (SSSR count). The van der Waals surface area contributed by atoms with Gasteiger partial charge in [0, 0.05) is 18.9 Å². The fourth-order valence-corrected chi connectivity index (χ4v) is 3.66. The van der Waals surface area contributed by atoms with Gasteiger partial charge in [-0.25, -0.2) is 18.4 Å². The molecule has 116 valence electrons. The van der Waals surface area contributed by atoms with Gasteiger partial charge in [0.2, 0.25) is 15.9 Å². The molecule has 1 saturated heterocycles. The van der Waals surface area contributed by atoms with Crippen LogP contribution in [-0.2, 0) is 24.3 Å². The molecule has 0 spiro atoms. The number of thioether (sulfide) groups is 1. The normalized spacial score (nSPS) is 21.1. The molecule has 0 saturated carbocycles. The second-order valence-corrected chi connectivity index (χ2v) is 7.41. The number of hydrogen-bond acceptors (Lipinski definition) is 6. The van der Waals surface area contributed by atoms with Crippen LogP contribution in [0.15, 0.2) is 0 Å². The fraction of sp³-hybridized carbons (Fsp3) is 0.818. The van der Waals surface area contributed by atoms with Crippen LogP contribution in [0.3, 0.4) is 0 Å². The monoisotopic (exact) mass is 324 g/mol. The van der Waals surface area contributed by atoms with Crippen molar-refractivity contribution in [3.8, 4) is 0 Å². The van der Waals surface area contributed by atoms with Crippen molar-refractivity contribution in [2.45, 2.75) is 18.9 Å². The number of likely N-dealkylation sites (tertiary alicyclic amines) is 1. The first-order chi connectivity index (χ1) is 9.28. The van der Waals surface area contributed by atoms with Gasteiger partial charge in [-0.05, 0) is 18.4 Å². The van der Waals surface area contributed by atoms with Gasteiger partial charge in [0.1, 0.15) is 6.04 Å². The molecule has 1 aliphatic rings. The van der Waals surface area contributed by atoms with E-state index in [1.165, 1.54) is 12.0 Å². The van der Waals surface area contributed by atoms with E-state index in [-0.39, 0.29) is 30.5 Å². The maximum Gasteiger partial charge on any atom is 0.328 e. The molecule has 0 bridgehead atoms. The largest absolute Gasteiger partial charge is 0.467 e. The Bertz CT molecular complexity index is 465. The molecule has 0 aromatic rings. The first kappa shape index (κ1) is 17.3. The predicted octanol–water partition coefficient (Wildman–Crippen LogP) is -0.582. The molecule has 2 N–H and O–H groups in total. The van der Waals surface area contributed by atoms with Crippen molar-refractivity contribution >= 4 is 33.7 Å². The molecule has 1 fully saturated rings. The summed E-state index contributed by atoms with van der Waals surface area (Å²) in [4.78, 5) is 25.2. The standard InChI is InChI=1S/C11H20N2O5S2/c1-18-11(15)9(3-4-19-2)13-6-8(5-10(13)14)7-20(12,16)17/h8-9H,3-7H2,1-2H3,(H2,12,16,17). The average Bonchev–Trinajstić information content (AvgIpc) is 2.68. The van der Waals surface area contributed by atoms with Gasteiger partial charge in [-0.3, -0.25) is 4.79 Å². The van der Waals surface area contributed by atoms with Crippen molar-refractivity contribution in [2.75, 3.05) is 31.4 Å². The van der Waals surface area contributed by atoms with E-state index in [0.29, 0.717) is 12.2 Å². The highest BCUT2D eigenvalue weighted by Gasteiger charge is 2.38. The van der Waals surface area contributed by atoms with E-state index < -0.39 is 22.0 Å². The van der Waals surface area contributed by atoms with Crippen molar-refractivity contribution in [1.29, 1.82) is 0 Å². The van der Waals surface area contributed by atoms with E-state index in [9.17, 15) is 18.0 Å². The first-order valence-electron chi connectivity index (χ1n) is 6.15. The van der Waals surface area contributed by atoms with E-state index in [1.807, 2.05) is 6.26 Å². The van der Waals surface area contributed by atoms with E-state index in [0.717, 1.165) is 0 Å². The maximum absolute atomic E-state index is 12.0. The van der Waals surface area contributed by atoms with Gasteiger partial charge in [-0.15, -0.1) is 0 Å². The third-order valence-electron chi connectivity index (χ3n) is 3.15. The van der Waals surface area contributed by atoms with Gasteiger partial charge >= 0.3 is 5.97 Å². The zero-order valence-corrected chi connectivity index (χ0v) is 13.2. The summed E-state index contributed by atoms with van der Waals surface area (Å²) in [5, 5.41) is 5.00. The molecule has 7 nitrogen and oxygen atoms in total. The number of rotatable bonds is 7.